The number of nitrogens with one attached hydrogen (secondary N) is 2. The standard InChI is InChI=1S/C15H22ClN3O/c1-3-17-14-7-12(13(16)9-18-14)15(20)19-8-11-5-4-10(2)6-11/h7,9-11H,3-6,8H2,1-2H3,(H,17,18)(H,19,20). The first-order valence-electron chi connectivity index (χ1n) is 7.27. The number of anilines is 1. The van der Waals surface area contributed by atoms with E-state index in [0.717, 1.165) is 19.0 Å². The Morgan fingerprint density at radius 2 is 2.30 bits per heavy atom. The molecule has 5 heteroatoms. The van der Waals surface area contributed by atoms with Crippen molar-refractivity contribution in [3.8, 4) is 0 Å². The summed E-state index contributed by atoms with van der Waals surface area (Å²) >= 11 is 6.06. The summed E-state index contributed by atoms with van der Waals surface area (Å²) in [4.78, 5) is 16.3. The fourth-order valence-corrected chi connectivity index (χ4v) is 2.92. The van der Waals surface area contributed by atoms with Crippen LogP contribution in [0.15, 0.2) is 12.3 Å². The predicted octanol–water partition coefficient (Wildman–Crippen LogP) is 3.33. The minimum Gasteiger partial charge on any atom is -0.370 e. The number of hydrogen-bond acceptors (Lipinski definition) is 3. The highest BCUT2D eigenvalue weighted by molar-refractivity contribution is 6.33. The van der Waals surface area contributed by atoms with Gasteiger partial charge >= 0.3 is 0 Å². The monoisotopic (exact) mass is 295 g/mol. The minimum atomic E-state index is -0.115. The molecule has 0 radical (unpaired) electrons. The van der Waals surface area contributed by atoms with E-state index in [0.29, 0.717) is 22.3 Å². The summed E-state index contributed by atoms with van der Waals surface area (Å²) in [6, 6.07) is 1.71. The summed E-state index contributed by atoms with van der Waals surface area (Å²) < 4.78 is 0. The molecule has 0 aliphatic heterocycles. The molecule has 1 amide bonds. The van der Waals surface area contributed by atoms with Gasteiger partial charge < -0.3 is 10.6 Å². The fourth-order valence-electron chi connectivity index (χ4n) is 2.73. The zero-order valence-corrected chi connectivity index (χ0v) is 12.8. The Bertz CT molecular complexity index is 478. The normalized spacial score (nSPS) is 21.8. The average Bonchev–Trinajstić information content (AvgIpc) is 2.84. The molecule has 110 valence electrons. The third kappa shape index (κ3) is 3.85. The van der Waals surface area contributed by atoms with Crippen molar-refractivity contribution >= 4 is 23.3 Å². The molecule has 1 heterocycles. The Morgan fingerprint density at radius 3 is 2.95 bits per heavy atom. The zero-order valence-electron chi connectivity index (χ0n) is 12.1. The van der Waals surface area contributed by atoms with Gasteiger partial charge in [0.15, 0.2) is 0 Å². The first-order chi connectivity index (χ1) is 9.60. The van der Waals surface area contributed by atoms with Gasteiger partial charge in [0.2, 0.25) is 0 Å². The molecule has 1 aliphatic rings. The number of amides is 1. The van der Waals surface area contributed by atoms with Crippen molar-refractivity contribution in [1.82, 2.24) is 10.3 Å². The van der Waals surface area contributed by atoms with E-state index in [4.69, 9.17) is 11.6 Å². The van der Waals surface area contributed by atoms with Crippen LogP contribution >= 0.6 is 11.6 Å². The van der Waals surface area contributed by atoms with Crippen molar-refractivity contribution in [3.05, 3.63) is 22.8 Å². The fraction of sp³-hybridized carbons (Fsp3) is 0.600. The highest BCUT2D eigenvalue weighted by Crippen LogP contribution is 2.29. The maximum atomic E-state index is 12.2. The molecule has 1 aromatic heterocycles. The van der Waals surface area contributed by atoms with Crippen LogP contribution in [-0.4, -0.2) is 24.0 Å². The van der Waals surface area contributed by atoms with Gasteiger partial charge in [-0.3, -0.25) is 4.79 Å². The molecule has 0 saturated heterocycles. The molecule has 0 bridgehead atoms. The molecule has 2 atom stereocenters. The van der Waals surface area contributed by atoms with E-state index in [9.17, 15) is 4.79 Å². The Morgan fingerprint density at radius 1 is 1.50 bits per heavy atom. The second-order valence-electron chi connectivity index (χ2n) is 5.57. The molecular weight excluding hydrogens is 274 g/mol. The summed E-state index contributed by atoms with van der Waals surface area (Å²) in [5.41, 5.74) is 0.490. The third-order valence-electron chi connectivity index (χ3n) is 3.81. The predicted molar refractivity (Wildman–Crippen MR) is 82.2 cm³/mol. The molecule has 2 unspecified atom stereocenters. The molecule has 2 N–H and O–H groups in total. The van der Waals surface area contributed by atoms with Crippen LogP contribution in [0.1, 0.15) is 43.5 Å². The summed E-state index contributed by atoms with van der Waals surface area (Å²) in [6.45, 7) is 5.75. The maximum absolute atomic E-state index is 12.2. The van der Waals surface area contributed by atoms with Crippen molar-refractivity contribution in [2.24, 2.45) is 11.8 Å². The molecule has 1 aliphatic carbocycles. The number of carbonyl (C=O) groups excluding carboxylic acids is 1. The lowest BCUT2D eigenvalue weighted by atomic mass is 10.1. The molecule has 1 aromatic rings. The van der Waals surface area contributed by atoms with Gasteiger partial charge in [-0.2, -0.15) is 0 Å². The molecule has 20 heavy (non-hydrogen) atoms. The first-order valence-corrected chi connectivity index (χ1v) is 7.65. The van der Waals surface area contributed by atoms with Gasteiger partial charge in [-0.15, -0.1) is 0 Å². The smallest absolute Gasteiger partial charge is 0.252 e. The van der Waals surface area contributed by atoms with E-state index in [2.05, 4.69) is 22.5 Å². The van der Waals surface area contributed by atoms with Crippen LogP contribution in [0, 0.1) is 11.8 Å². The Kier molecular flexibility index (Phi) is 5.24. The average molecular weight is 296 g/mol. The van der Waals surface area contributed by atoms with Crippen molar-refractivity contribution < 1.29 is 4.79 Å². The quantitative estimate of drug-likeness (QED) is 0.876. The lowest BCUT2D eigenvalue weighted by Crippen LogP contribution is -2.28. The Labute approximate surface area is 125 Å². The summed E-state index contributed by atoms with van der Waals surface area (Å²) in [6.07, 6.45) is 5.19. The van der Waals surface area contributed by atoms with Gasteiger partial charge in [0.25, 0.3) is 5.91 Å². The van der Waals surface area contributed by atoms with Crippen LogP contribution < -0.4 is 10.6 Å². The number of carbonyl (C=O) groups is 1. The van der Waals surface area contributed by atoms with Gasteiger partial charge in [-0.05, 0) is 37.7 Å². The van der Waals surface area contributed by atoms with Crippen LogP contribution in [0.2, 0.25) is 5.02 Å². The summed E-state index contributed by atoms with van der Waals surface area (Å²) in [5, 5.41) is 6.47. The summed E-state index contributed by atoms with van der Waals surface area (Å²) in [7, 11) is 0. The van der Waals surface area contributed by atoms with Gasteiger partial charge in [0.1, 0.15) is 5.82 Å². The minimum absolute atomic E-state index is 0.115. The van der Waals surface area contributed by atoms with E-state index in [1.54, 1.807) is 6.07 Å². The number of aromatic nitrogens is 1. The lowest BCUT2D eigenvalue weighted by Gasteiger charge is -2.12. The number of pyridine rings is 1. The molecule has 4 nitrogen and oxygen atoms in total. The maximum Gasteiger partial charge on any atom is 0.252 e. The van der Waals surface area contributed by atoms with E-state index in [1.807, 2.05) is 6.92 Å². The van der Waals surface area contributed by atoms with Crippen molar-refractivity contribution in [1.29, 1.82) is 0 Å². The largest absolute Gasteiger partial charge is 0.370 e. The van der Waals surface area contributed by atoms with Gasteiger partial charge in [-0.1, -0.05) is 24.9 Å². The van der Waals surface area contributed by atoms with Crippen molar-refractivity contribution in [3.63, 3.8) is 0 Å². The zero-order chi connectivity index (χ0) is 14.5. The third-order valence-corrected chi connectivity index (χ3v) is 4.11. The number of halogens is 1. The molecule has 2 rings (SSSR count). The number of rotatable bonds is 5. The molecular formula is C15H22ClN3O. The second kappa shape index (κ2) is 6.93. The van der Waals surface area contributed by atoms with Crippen LogP contribution in [0.3, 0.4) is 0 Å². The van der Waals surface area contributed by atoms with Crippen molar-refractivity contribution in [2.75, 3.05) is 18.4 Å². The molecule has 1 fully saturated rings. The van der Waals surface area contributed by atoms with Gasteiger partial charge in [0.05, 0.1) is 10.6 Å². The number of hydrogen-bond donors (Lipinski definition) is 2. The first kappa shape index (κ1) is 15.1. The van der Waals surface area contributed by atoms with E-state index in [1.165, 1.54) is 25.5 Å². The van der Waals surface area contributed by atoms with Crippen molar-refractivity contribution in [2.45, 2.75) is 33.1 Å². The Hall–Kier alpha value is -1.29. The van der Waals surface area contributed by atoms with E-state index >= 15 is 0 Å². The highest BCUT2D eigenvalue weighted by Gasteiger charge is 2.22. The summed E-state index contributed by atoms with van der Waals surface area (Å²) in [5.74, 6) is 1.94. The van der Waals surface area contributed by atoms with E-state index in [-0.39, 0.29) is 5.91 Å². The van der Waals surface area contributed by atoms with E-state index < -0.39 is 0 Å². The molecule has 1 saturated carbocycles. The SMILES string of the molecule is CCNc1cc(C(=O)NCC2CCC(C)C2)c(Cl)cn1. The number of nitrogens with zero attached hydrogens (tertiary/aromatic N) is 1. The lowest BCUT2D eigenvalue weighted by molar-refractivity contribution is 0.0947. The highest BCUT2D eigenvalue weighted by atomic mass is 35.5. The molecule has 0 spiro atoms. The van der Waals surface area contributed by atoms with Crippen LogP contribution in [0.4, 0.5) is 5.82 Å². The molecule has 0 aromatic carbocycles. The topological polar surface area (TPSA) is 54.0 Å². The second-order valence-corrected chi connectivity index (χ2v) is 5.98. The van der Waals surface area contributed by atoms with Gasteiger partial charge in [-0.25, -0.2) is 4.98 Å². The Balaban J connectivity index is 1.96. The van der Waals surface area contributed by atoms with Crippen LogP contribution in [0.25, 0.3) is 0 Å². The van der Waals surface area contributed by atoms with Crippen LogP contribution in [-0.2, 0) is 0 Å². The van der Waals surface area contributed by atoms with Gasteiger partial charge in [0, 0.05) is 19.3 Å². The van der Waals surface area contributed by atoms with Crippen LogP contribution in [0.5, 0.6) is 0 Å².